The second-order valence-electron chi connectivity index (χ2n) is 12.5. The van der Waals surface area contributed by atoms with Gasteiger partial charge in [-0.25, -0.2) is 15.0 Å². The van der Waals surface area contributed by atoms with Crippen molar-refractivity contribution in [2.24, 2.45) is 0 Å². The van der Waals surface area contributed by atoms with Crippen LogP contribution in [0.3, 0.4) is 0 Å². The molecule has 3 heterocycles. The molecular weight excluding hydrogens is 597 g/mol. The van der Waals surface area contributed by atoms with Gasteiger partial charge in [0.2, 0.25) is 0 Å². The molecule has 1 aliphatic rings. The topological polar surface area (TPSA) is 43.6 Å². The number of fused-ring (bicyclic) bond motifs is 8. The van der Waals surface area contributed by atoms with E-state index in [9.17, 15) is 0 Å². The lowest BCUT2D eigenvalue weighted by atomic mass is 9.90. The fourth-order valence-corrected chi connectivity index (χ4v) is 7.33. The van der Waals surface area contributed by atoms with Crippen LogP contribution in [0.4, 0.5) is 0 Å². The van der Waals surface area contributed by atoms with Gasteiger partial charge in [-0.3, -0.25) is 0 Å². The zero-order valence-electron chi connectivity index (χ0n) is 26.5. The predicted molar refractivity (Wildman–Crippen MR) is 200 cm³/mol. The van der Waals surface area contributed by atoms with Crippen LogP contribution in [0.1, 0.15) is 0 Å². The Balaban J connectivity index is 1.25. The summed E-state index contributed by atoms with van der Waals surface area (Å²) in [5.74, 6) is 1.95. The van der Waals surface area contributed by atoms with Crippen molar-refractivity contribution in [2.45, 2.75) is 0 Å². The average Bonchev–Trinajstić information content (AvgIpc) is 3.46. The number of hydrogen-bond acceptors (Lipinski definition) is 3. The number of hydrogen-bond donors (Lipinski definition) is 0. The summed E-state index contributed by atoms with van der Waals surface area (Å²) in [6, 6.07) is 59.9. The third-order valence-corrected chi connectivity index (χ3v) is 9.58. The van der Waals surface area contributed by atoms with Gasteiger partial charge >= 0.3 is 0 Å². The maximum Gasteiger partial charge on any atom is 0.164 e. The first-order valence-electron chi connectivity index (χ1n) is 16.5. The first-order valence-corrected chi connectivity index (χ1v) is 16.5. The fraction of sp³-hybridized carbons (Fsp3) is 0. The molecule has 0 atom stereocenters. The Kier molecular flexibility index (Phi) is 6.15. The highest BCUT2D eigenvalue weighted by Crippen LogP contribution is 2.48. The Morgan fingerprint density at radius 2 is 0.837 bits per heavy atom. The van der Waals surface area contributed by atoms with Crippen LogP contribution in [0.25, 0.3) is 95.0 Å². The summed E-state index contributed by atoms with van der Waals surface area (Å²) in [7, 11) is 0. The molecule has 228 valence electrons. The maximum absolute atomic E-state index is 5.06. The van der Waals surface area contributed by atoms with Gasteiger partial charge in [0, 0.05) is 38.6 Å². The molecule has 0 unspecified atom stereocenters. The Hall–Kier alpha value is -6.65. The maximum atomic E-state index is 5.06. The molecule has 0 spiro atoms. The van der Waals surface area contributed by atoms with E-state index in [-0.39, 0.29) is 0 Å². The monoisotopic (exact) mass is 624 g/mol. The van der Waals surface area contributed by atoms with Crippen molar-refractivity contribution in [3.05, 3.63) is 170 Å². The Labute approximate surface area is 283 Å². The van der Waals surface area contributed by atoms with Crippen LogP contribution in [0.5, 0.6) is 0 Å². The van der Waals surface area contributed by atoms with Gasteiger partial charge in [0.15, 0.2) is 17.5 Å². The summed E-state index contributed by atoms with van der Waals surface area (Å²) in [4.78, 5) is 15.0. The summed E-state index contributed by atoms with van der Waals surface area (Å²) in [5, 5.41) is 2.49. The molecule has 9 aromatic rings. The van der Waals surface area contributed by atoms with Crippen molar-refractivity contribution in [2.75, 3.05) is 0 Å². The summed E-state index contributed by atoms with van der Waals surface area (Å²) in [5.41, 5.74) is 13.5. The first kappa shape index (κ1) is 27.5. The van der Waals surface area contributed by atoms with Crippen molar-refractivity contribution in [3.8, 4) is 73.2 Å². The van der Waals surface area contributed by atoms with E-state index in [0.717, 1.165) is 27.9 Å². The van der Waals surface area contributed by atoms with Gasteiger partial charge in [-0.15, -0.1) is 0 Å². The van der Waals surface area contributed by atoms with Gasteiger partial charge in [0.1, 0.15) is 0 Å². The molecule has 0 N–H and O–H groups in total. The Morgan fingerprint density at radius 3 is 1.49 bits per heavy atom. The predicted octanol–water partition coefficient (Wildman–Crippen LogP) is 11.3. The van der Waals surface area contributed by atoms with Crippen molar-refractivity contribution in [1.29, 1.82) is 0 Å². The number of benzene rings is 7. The molecule has 7 aromatic carbocycles. The molecule has 0 saturated carbocycles. The second kappa shape index (κ2) is 11.0. The van der Waals surface area contributed by atoms with Crippen LogP contribution in [0.15, 0.2) is 170 Å². The third-order valence-electron chi connectivity index (χ3n) is 9.58. The zero-order valence-corrected chi connectivity index (χ0v) is 26.5. The minimum absolute atomic E-state index is 0.642. The van der Waals surface area contributed by atoms with Gasteiger partial charge in [0.25, 0.3) is 0 Å². The fourth-order valence-electron chi connectivity index (χ4n) is 7.33. The number of nitrogens with zero attached hydrogens (tertiary/aromatic N) is 4. The van der Waals surface area contributed by atoms with Gasteiger partial charge < -0.3 is 4.57 Å². The van der Waals surface area contributed by atoms with Crippen LogP contribution < -0.4 is 0 Å². The van der Waals surface area contributed by atoms with Crippen molar-refractivity contribution in [1.82, 2.24) is 19.5 Å². The Bertz CT molecular complexity index is 2640. The van der Waals surface area contributed by atoms with Crippen LogP contribution >= 0.6 is 0 Å². The highest BCUT2D eigenvalue weighted by atomic mass is 15.0. The minimum Gasteiger partial charge on any atom is -0.308 e. The van der Waals surface area contributed by atoms with E-state index < -0.39 is 0 Å². The summed E-state index contributed by atoms with van der Waals surface area (Å²) < 4.78 is 2.45. The van der Waals surface area contributed by atoms with Crippen molar-refractivity contribution >= 4 is 21.8 Å². The van der Waals surface area contributed by atoms with E-state index in [1.165, 1.54) is 49.6 Å². The van der Waals surface area contributed by atoms with E-state index >= 15 is 0 Å². The molecule has 4 heteroatoms. The summed E-state index contributed by atoms with van der Waals surface area (Å²) in [6.07, 6.45) is 0. The van der Waals surface area contributed by atoms with Gasteiger partial charge in [-0.05, 0) is 58.7 Å². The van der Waals surface area contributed by atoms with Crippen molar-refractivity contribution in [3.63, 3.8) is 0 Å². The highest BCUT2D eigenvalue weighted by Gasteiger charge is 2.26. The molecule has 1 aliphatic heterocycles. The van der Waals surface area contributed by atoms with Crippen LogP contribution in [0.2, 0.25) is 0 Å². The lowest BCUT2D eigenvalue weighted by molar-refractivity contribution is 1.07. The van der Waals surface area contributed by atoms with Crippen LogP contribution in [-0.2, 0) is 0 Å². The van der Waals surface area contributed by atoms with E-state index in [4.69, 9.17) is 15.0 Å². The van der Waals surface area contributed by atoms with Gasteiger partial charge in [-0.1, -0.05) is 133 Å². The molecule has 0 bridgehead atoms. The number of para-hydroxylation sites is 1. The molecule has 2 aromatic heterocycles. The normalized spacial score (nSPS) is 11.7. The zero-order chi connectivity index (χ0) is 32.3. The van der Waals surface area contributed by atoms with E-state index in [0.29, 0.717) is 17.5 Å². The molecule has 0 fully saturated rings. The largest absolute Gasteiger partial charge is 0.308 e. The third kappa shape index (κ3) is 4.42. The number of aromatic nitrogens is 4. The molecular formula is C45H28N4. The molecule has 10 rings (SSSR count). The van der Waals surface area contributed by atoms with Crippen molar-refractivity contribution < 1.29 is 0 Å². The first-order chi connectivity index (χ1) is 24.3. The molecule has 0 radical (unpaired) electrons. The smallest absolute Gasteiger partial charge is 0.164 e. The lowest BCUT2D eigenvalue weighted by Gasteiger charge is -2.15. The molecule has 4 nitrogen and oxygen atoms in total. The van der Waals surface area contributed by atoms with Gasteiger partial charge in [-0.2, -0.15) is 0 Å². The lowest BCUT2D eigenvalue weighted by Crippen LogP contribution is -2.01. The van der Waals surface area contributed by atoms with E-state index in [1.54, 1.807) is 0 Å². The van der Waals surface area contributed by atoms with E-state index in [1.807, 2.05) is 60.7 Å². The van der Waals surface area contributed by atoms with Gasteiger partial charge in [0.05, 0.1) is 16.7 Å². The second-order valence-corrected chi connectivity index (χ2v) is 12.5. The minimum atomic E-state index is 0.642. The highest BCUT2D eigenvalue weighted by molar-refractivity contribution is 6.17. The average molecular weight is 625 g/mol. The number of rotatable bonds is 4. The SMILES string of the molecule is c1ccc(-c2cc3c4c(c2)c2ccccc2n4-c2ccc(-c4nc(-c5ccccc5)nc(-c5ccccc5)n4)cc2-c2ccccc2-3)cc1. The molecule has 0 saturated heterocycles. The summed E-state index contributed by atoms with van der Waals surface area (Å²) in [6.45, 7) is 0. The quantitative estimate of drug-likeness (QED) is 0.196. The standard InChI is InChI=1S/C45H28N4/c1-4-14-29(15-5-1)33-27-38-35-21-11-10-20-34(35)37-26-32(24-25-41(37)49-40-23-13-12-22-36(40)39(28-33)42(38)49)45-47-43(30-16-6-2-7-17-30)46-44(48-45)31-18-8-3-9-19-31/h1-28H. The Morgan fingerprint density at radius 1 is 0.327 bits per heavy atom. The molecule has 0 amide bonds. The van der Waals surface area contributed by atoms with E-state index in [2.05, 4.69) is 114 Å². The molecule has 49 heavy (non-hydrogen) atoms. The van der Waals surface area contributed by atoms with Crippen LogP contribution in [-0.4, -0.2) is 19.5 Å². The van der Waals surface area contributed by atoms with Crippen LogP contribution in [0, 0.1) is 0 Å². The molecule has 0 aliphatic carbocycles. The summed E-state index contributed by atoms with van der Waals surface area (Å²) >= 11 is 0.